The van der Waals surface area contributed by atoms with Crippen molar-refractivity contribution < 1.29 is 4.79 Å². The van der Waals surface area contributed by atoms with E-state index in [1.54, 1.807) is 6.20 Å². The molecule has 0 aliphatic carbocycles. The Labute approximate surface area is 105 Å². The summed E-state index contributed by atoms with van der Waals surface area (Å²) in [5, 5.41) is 7.19. The van der Waals surface area contributed by atoms with E-state index in [1.165, 1.54) is 5.56 Å². The van der Waals surface area contributed by atoms with Crippen LogP contribution in [0.25, 0.3) is 10.9 Å². The number of hydrogen-bond donors (Lipinski definition) is 2. The highest BCUT2D eigenvalue weighted by Crippen LogP contribution is 2.24. The largest absolute Gasteiger partial charge is 0.353 e. The number of piperazine rings is 1. The number of aryl methyl sites for hydroxylation is 1. The minimum atomic E-state index is -0.272. The first-order valence-corrected chi connectivity index (χ1v) is 6.12. The van der Waals surface area contributed by atoms with Gasteiger partial charge >= 0.3 is 0 Å². The summed E-state index contributed by atoms with van der Waals surface area (Å²) in [6, 6.07) is 7.76. The number of carbonyl (C=O) groups is 1. The highest BCUT2D eigenvalue weighted by molar-refractivity contribution is 5.91. The number of amides is 1. The second-order valence-corrected chi connectivity index (χ2v) is 4.60. The van der Waals surface area contributed by atoms with Crippen LogP contribution in [0.5, 0.6) is 0 Å². The molecule has 0 saturated carbocycles. The predicted octanol–water partition coefficient (Wildman–Crippen LogP) is 1.30. The minimum absolute atomic E-state index is 0.0373. The van der Waals surface area contributed by atoms with E-state index in [2.05, 4.69) is 21.7 Å². The summed E-state index contributed by atoms with van der Waals surface area (Å²) in [5.74, 6) is 0.0373. The summed E-state index contributed by atoms with van der Waals surface area (Å²) in [7, 11) is 0. The summed E-state index contributed by atoms with van der Waals surface area (Å²) in [6.45, 7) is 3.54. The van der Waals surface area contributed by atoms with Crippen LogP contribution in [0.1, 0.15) is 17.2 Å². The van der Waals surface area contributed by atoms with Crippen molar-refractivity contribution in [3.8, 4) is 0 Å². The normalized spacial score (nSPS) is 19.8. The van der Waals surface area contributed by atoms with Gasteiger partial charge in [-0.3, -0.25) is 9.78 Å². The van der Waals surface area contributed by atoms with E-state index in [4.69, 9.17) is 0 Å². The van der Waals surface area contributed by atoms with Gasteiger partial charge in [0.15, 0.2) is 0 Å². The van der Waals surface area contributed by atoms with Crippen molar-refractivity contribution in [2.75, 3.05) is 13.1 Å². The van der Waals surface area contributed by atoms with E-state index in [0.29, 0.717) is 6.54 Å². The van der Waals surface area contributed by atoms with Gasteiger partial charge in [-0.1, -0.05) is 11.6 Å². The zero-order valence-corrected chi connectivity index (χ0v) is 10.2. The average Bonchev–Trinajstić information content (AvgIpc) is 2.39. The van der Waals surface area contributed by atoms with Gasteiger partial charge in [0.25, 0.3) is 0 Å². The molecule has 4 nitrogen and oxygen atoms in total. The van der Waals surface area contributed by atoms with Gasteiger partial charge in [-0.05, 0) is 30.7 Å². The third-order valence-electron chi connectivity index (χ3n) is 3.28. The molecule has 3 rings (SSSR count). The Morgan fingerprint density at radius 2 is 2.17 bits per heavy atom. The lowest BCUT2D eigenvalue weighted by Gasteiger charge is -2.24. The summed E-state index contributed by atoms with van der Waals surface area (Å²) in [5.41, 5.74) is 3.10. The second-order valence-electron chi connectivity index (χ2n) is 4.60. The van der Waals surface area contributed by atoms with Crippen LogP contribution in [0.3, 0.4) is 0 Å². The molecule has 1 atom stereocenters. The van der Waals surface area contributed by atoms with Gasteiger partial charge in [-0.2, -0.15) is 0 Å². The fourth-order valence-electron chi connectivity index (χ4n) is 2.38. The quantitative estimate of drug-likeness (QED) is 0.791. The highest BCUT2D eigenvalue weighted by atomic mass is 16.2. The molecule has 1 aromatic carbocycles. The van der Waals surface area contributed by atoms with Crippen LogP contribution in [0, 0.1) is 6.92 Å². The summed E-state index contributed by atoms with van der Waals surface area (Å²) >= 11 is 0. The molecule has 1 unspecified atom stereocenters. The molecule has 1 fully saturated rings. The Bertz CT molecular complexity index is 609. The lowest BCUT2D eigenvalue weighted by molar-refractivity contribution is -0.124. The molecule has 2 heterocycles. The molecule has 92 valence electrons. The number of benzene rings is 1. The first kappa shape index (κ1) is 11.2. The van der Waals surface area contributed by atoms with Gasteiger partial charge < -0.3 is 10.6 Å². The number of fused-ring (bicyclic) bond motifs is 1. The third kappa shape index (κ3) is 1.84. The van der Waals surface area contributed by atoms with Crippen LogP contribution in [0.4, 0.5) is 0 Å². The number of nitrogens with one attached hydrogen (secondary N) is 2. The van der Waals surface area contributed by atoms with E-state index in [-0.39, 0.29) is 11.9 Å². The van der Waals surface area contributed by atoms with E-state index in [1.807, 2.05) is 25.1 Å². The molecule has 2 N–H and O–H groups in total. The first-order valence-electron chi connectivity index (χ1n) is 6.12. The van der Waals surface area contributed by atoms with Crippen LogP contribution in [-0.2, 0) is 4.79 Å². The van der Waals surface area contributed by atoms with Gasteiger partial charge in [-0.25, -0.2) is 0 Å². The van der Waals surface area contributed by atoms with Crippen molar-refractivity contribution in [1.82, 2.24) is 15.6 Å². The van der Waals surface area contributed by atoms with E-state index < -0.39 is 0 Å². The lowest BCUT2D eigenvalue weighted by Crippen LogP contribution is -2.47. The maximum absolute atomic E-state index is 11.9. The Morgan fingerprint density at radius 3 is 3.00 bits per heavy atom. The molecule has 0 spiro atoms. The Hall–Kier alpha value is -1.94. The van der Waals surface area contributed by atoms with Gasteiger partial charge in [-0.15, -0.1) is 0 Å². The molecule has 1 aliphatic heterocycles. The van der Waals surface area contributed by atoms with Gasteiger partial charge in [0.2, 0.25) is 5.91 Å². The highest BCUT2D eigenvalue weighted by Gasteiger charge is 2.24. The smallest absolute Gasteiger partial charge is 0.241 e. The van der Waals surface area contributed by atoms with Gasteiger partial charge in [0.05, 0.1) is 5.52 Å². The van der Waals surface area contributed by atoms with Gasteiger partial charge in [0, 0.05) is 24.7 Å². The average molecular weight is 241 g/mol. The molecule has 1 aliphatic rings. The maximum atomic E-state index is 11.9. The Balaban J connectivity index is 2.15. The number of nitrogens with zero attached hydrogens (tertiary/aromatic N) is 1. The fourth-order valence-corrected chi connectivity index (χ4v) is 2.38. The number of aromatic nitrogens is 1. The molecule has 4 heteroatoms. The zero-order valence-electron chi connectivity index (χ0n) is 10.2. The molecule has 0 radical (unpaired) electrons. The number of carbonyl (C=O) groups excluding carboxylic acids is 1. The van der Waals surface area contributed by atoms with Crippen molar-refractivity contribution in [2.45, 2.75) is 13.0 Å². The second kappa shape index (κ2) is 4.38. The summed E-state index contributed by atoms with van der Waals surface area (Å²) < 4.78 is 0. The van der Waals surface area contributed by atoms with E-state index in [0.717, 1.165) is 23.0 Å². The molecule has 18 heavy (non-hydrogen) atoms. The predicted molar refractivity (Wildman–Crippen MR) is 70.2 cm³/mol. The first-order chi connectivity index (χ1) is 8.75. The van der Waals surface area contributed by atoms with E-state index >= 15 is 0 Å². The molecular weight excluding hydrogens is 226 g/mol. The fraction of sp³-hybridized carbons (Fsp3) is 0.286. The van der Waals surface area contributed by atoms with Crippen LogP contribution < -0.4 is 10.6 Å². The van der Waals surface area contributed by atoms with E-state index in [9.17, 15) is 4.79 Å². The SMILES string of the molecule is Cc1ccc2nccc(C3NCCNC3=O)c2c1. The van der Waals surface area contributed by atoms with Crippen LogP contribution in [-0.4, -0.2) is 24.0 Å². The van der Waals surface area contributed by atoms with Crippen LogP contribution >= 0.6 is 0 Å². The maximum Gasteiger partial charge on any atom is 0.241 e. The van der Waals surface area contributed by atoms with Crippen molar-refractivity contribution in [3.63, 3.8) is 0 Å². The molecule has 1 aromatic heterocycles. The zero-order chi connectivity index (χ0) is 12.5. The number of rotatable bonds is 1. The van der Waals surface area contributed by atoms with Gasteiger partial charge in [0.1, 0.15) is 6.04 Å². The lowest BCUT2D eigenvalue weighted by atomic mass is 9.99. The van der Waals surface area contributed by atoms with Crippen molar-refractivity contribution in [1.29, 1.82) is 0 Å². The topological polar surface area (TPSA) is 54.0 Å². The molecule has 1 amide bonds. The van der Waals surface area contributed by atoms with Crippen LogP contribution in [0.2, 0.25) is 0 Å². The van der Waals surface area contributed by atoms with Crippen LogP contribution in [0.15, 0.2) is 30.5 Å². The standard InChI is InChI=1S/C14H15N3O/c1-9-2-3-12-11(8-9)10(4-5-15-12)13-14(18)17-7-6-16-13/h2-5,8,13,16H,6-7H2,1H3,(H,17,18). The Morgan fingerprint density at radius 1 is 1.28 bits per heavy atom. The molecule has 0 bridgehead atoms. The van der Waals surface area contributed by atoms with Crippen molar-refractivity contribution in [2.24, 2.45) is 0 Å². The Kier molecular flexibility index (Phi) is 2.72. The minimum Gasteiger partial charge on any atom is -0.353 e. The summed E-state index contributed by atoms with van der Waals surface area (Å²) in [6.07, 6.45) is 1.76. The number of pyridine rings is 1. The summed E-state index contributed by atoms with van der Waals surface area (Å²) in [4.78, 5) is 16.3. The third-order valence-corrected chi connectivity index (χ3v) is 3.28. The molecule has 1 saturated heterocycles. The number of hydrogen-bond acceptors (Lipinski definition) is 3. The van der Waals surface area contributed by atoms with Crippen molar-refractivity contribution in [3.05, 3.63) is 41.6 Å². The monoisotopic (exact) mass is 241 g/mol. The molecular formula is C14H15N3O. The molecule has 2 aromatic rings. The van der Waals surface area contributed by atoms with Crippen molar-refractivity contribution >= 4 is 16.8 Å².